The van der Waals surface area contributed by atoms with Crippen molar-refractivity contribution in [1.29, 1.82) is 0 Å². The summed E-state index contributed by atoms with van der Waals surface area (Å²) in [6.07, 6.45) is 3.06. The van der Waals surface area contributed by atoms with Crippen molar-refractivity contribution in [2.24, 2.45) is 0 Å². The number of hydrogen-bond acceptors (Lipinski definition) is 3. The minimum atomic E-state index is 0.258. The molecule has 1 N–H and O–H groups in total. The molecule has 2 rings (SSSR count). The molecule has 0 amide bonds. The van der Waals surface area contributed by atoms with Crippen LogP contribution in [0.3, 0.4) is 0 Å². The smallest absolute Gasteiger partial charge is 0.153 e. The lowest BCUT2D eigenvalue weighted by Crippen LogP contribution is -1.89. The number of para-hydroxylation sites is 1. The van der Waals surface area contributed by atoms with E-state index in [0.29, 0.717) is 11.8 Å². The number of aliphatic hydroxyl groups excluding tert-OH is 1. The molecule has 0 saturated carbocycles. The third kappa shape index (κ3) is 1.59. The van der Waals surface area contributed by atoms with Gasteiger partial charge in [0.05, 0.1) is 17.4 Å². The first-order valence-corrected chi connectivity index (χ1v) is 4.50. The molecule has 0 aliphatic rings. The zero-order valence-corrected chi connectivity index (χ0v) is 7.92. The predicted octanol–water partition coefficient (Wildman–Crippen LogP) is 2.33. The average Bonchev–Trinajstić information content (AvgIpc) is 2.31. The lowest BCUT2D eigenvalue weighted by atomic mass is 10.0. The Kier molecular flexibility index (Phi) is 2.46. The van der Waals surface area contributed by atoms with Crippen LogP contribution in [0.2, 0.25) is 0 Å². The molecule has 0 fully saturated rings. The molecule has 3 heteroatoms. The molecule has 1 aromatic heterocycles. The summed E-state index contributed by atoms with van der Waals surface area (Å²) in [6, 6.07) is 9.18. The minimum Gasteiger partial charge on any atom is -0.515 e. The Morgan fingerprint density at radius 3 is 2.80 bits per heavy atom. The van der Waals surface area contributed by atoms with Gasteiger partial charge in [-0.25, -0.2) is 0 Å². The first kappa shape index (κ1) is 9.40. The van der Waals surface area contributed by atoms with E-state index in [9.17, 15) is 4.79 Å². The SMILES string of the molecule is O=C/C(=C\O)c1ccnc2ccccc12. The van der Waals surface area contributed by atoms with E-state index in [0.717, 1.165) is 17.2 Å². The van der Waals surface area contributed by atoms with Gasteiger partial charge in [-0.15, -0.1) is 0 Å². The fourth-order valence-electron chi connectivity index (χ4n) is 1.51. The molecule has 0 unspecified atom stereocenters. The van der Waals surface area contributed by atoms with E-state index in [4.69, 9.17) is 5.11 Å². The number of allylic oxidation sites excluding steroid dienone is 1. The van der Waals surface area contributed by atoms with Crippen molar-refractivity contribution in [1.82, 2.24) is 4.98 Å². The third-order valence-electron chi connectivity index (χ3n) is 2.23. The van der Waals surface area contributed by atoms with E-state index in [1.807, 2.05) is 24.3 Å². The zero-order chi connectivity index (χ0) is 10.7. The van der Waals surface area contributed by atoms with Crippen LogP contribution in [0.1, 0.15) is 5.56 Å². The van der Waals surface area contributed by atoms with Crippen LogP contribution in [-0.2, 0) is 4.79 Å². The molecule has 15 heavy (non-hydrogen) atoms. The van der Waals surface area contributed by atoms with E-state index >= 15 is 0 Å². The number of aromatic nitrogens is 1. The number of fused-ring (bicyclic) bond motifs is 1. The van der Waals surface area contributed by atoms with Gasteiger partial charge in [0, 0.05) is 11.6 Å². The Balaban J connectivity index is 2.76. The summed E-state index contributed by atoms with van der Waals surface area (Å²) >= 11 is 0. The Hall–Kier alpha value is -2.16. The van der Waals surface area contributed by atoms with Crippen LogP contribution in [0.25, 0.3) is 16.5 Å². The van der Waals surface area contributed by atoms with Crippen LogP contribution in [-0.4, -0.2) is 16.4 Å². The molecule has 0 aliphatic heterocycles. The van der Waals surface area contributed by atoms with Crippen molar-refractivity contribution in [2.75, 3.05) is 0 Å². The molecular formula is C12H9NO2. The van der Waals surface area contributed by atoms with E-state index < -0.39 is 0 Å². The Morgan fingerprint density at radius 2 is 2.07 bits per heavy atom. The Labute approximate surface area is 86.7 Å². The summed E-state index contributed by atoms with van der Waals surface area (Å²) in [5.41, 5.74) is 1.75. The van der Waals surface area contributed by atoms with Crippen LogP contribution >= 0.6 is 0 Å². The maximum absolute atomic E-state index is 10.7. The number of hydrogen-bond donors (Lipinski definition) is 1. The van der Waals surface area contributed by atoms with Gasteiger partial charge < -0.3 is 5.11 Å². The van der Waals surface area contributed by atoms with E-state index in [-0.39, 0.29) is 5.57 Å². The van der Waals surface area contributed by atoms with Crippen LogP contribution in [0.4, 0.5) is 0 Å². The molecule has 0 spiro atoms. The monoisotopic (exact) mass is 199 g/mol. The maximum atomic E-state index is 10.7. The van der Waals surface area contributed by atoms with Gasteiger partial charge in [-0.3, -0.25) is 9.78 Å². The van der Waals surface area contributed by atoms with Gasteiger partial charge in [-0.2, -0.15) is 0 Å². The summed E-state index contributed by atoms with van der Waals surface area (Å²) in [6.45, 7) is 0. The van der Waals surface area contributed by atoms with Gasteiger partial charge in [0.25, 0.3) is 0 Å². The predicted molar refractivity (Wildman–Crippen MR) is 58.4 cm³/mol. The Morgan fingerprint density at radius 1 is 1.27 bits per heavy atom. The number of carbonyl (C=O) groups is 1. The second-order valence-corrected chi connectivity index (χ2v) is 3.08. The van der Waals surface area contributed by atoms with Crippen LogP contribution in [0.5, 0.6) is 0 Å². The van der Waals surface area contributed by atoms with Gasteiger partial charge in [0.15, 0.2) is 6.29 Å². The molecule has 74 valence electrons. The molecule has 1 aromatic carbocycles. The van der Waals surface area contributed by atoms with Gasteiger partial charge in [-0.05, 0) is 17.7 Å². The van der Waals surface area contributed by atoms with Crippen molar-refractivity contribution < 1.29 is 9.90 Å². The van der Waals surface area contributed by atoms with Crippen molar-refractivity contribution in [3.63, 3.8) is 0 Å². The fourth-order valence-corrected chi connectivity index (χ4v) is 1.51. The number of benzene rings is 1. The summed E-state index contributed by atoms with van der Waals surface area (Å²) < 4.78 is 0. The number of aldehydes is 1. The van der Waals surface area contributed by atoms with Crippen LogP contribution in [0.15, 0.2) is 42.8 Å². The molecule has 2 aromatic rings. The number of pyridine rings is 1. The average molecular weight is 199 g/mol. The molecule has 0 saturated heterocycles. The van der Waals surface area contributed by atoms with E-state index in [2.05, 4.69) is 4.98 Å². The highest BCUT2D eigenvalue weighted by Gasteiger charge is 2.05. The third-order valence-corrected chi connectivity index (χ3v) is 2.23. The summed E-state index contributed by atoms with van der Waals surface area (Å²) in [5, 5.41) is 9.78. The molecular weight excluding hydrogens is 190 g/mol. The summed E-state index contributed by atoms with van der Waals surface area (Å²) in [7, 11) is 0. The zero-order valence-electron chi connectivity index (χ0n) is 7.92. The van der Waals surface area contributed by atoms with E-state index in [1.54, 1.807) is 12.3 Å². The molecule has 0 aliphatic carbocycles. The van der Waals surface area contributed by atoms with Gasteiger partial charge in [-0.1, -0.05) is 18.2 Å². The van der Waals surface area contributed by atoms with Crippen molar-refractivity contribution in [3.05, 3.63) is 48.4 Å². The first-order valence-electron chi connectivity index (χ1n) is 4.50. The standard InChI is InChI=1S/C12H9NO2/c14-7-9(8-15)10-5-6-13-12-4-2-1-3-11(10)12/h1-8,14H/b9-7+. The van der Waals surface area contributed by atoms with Crippen molar-refractivity contribution in [3.8, 4) is 0 Å². The first-order chi connectivity index (χ1) is 7.36. The van der Waals surface area contributed by atoms with Crippen LogP contribution < -0.4 is 0 Å². The lowest BCUT2D eigenvalue weighted by molar-refractivity contribution is -0.103. The number of carbonyl (C=O) groups excluding carboxylic acids is 1. The maximum Gasteiger partial charge on any atom is 0.153 e. The highest BCUT2D eigenvalue weighted by Crippen LogP contribution is 2.21. The highest BCUT2D eigenvalue weighted by molar-refractivity contribution is 6.11. The van der Waals surface area contributed by atoms with Crippen molar-refractivity contribution in [2.45, 2.75) is 0 Å². The molecule has 1 heterocycles. The quantitative estimate of drug-likeness (QED) is 0.458. The van der Waals surface area contributed by atoms with Crippen molar-refractivity contribution >= 4 is 22.8 Å². The normalized spacial score (nSPS) is 11.6. The summed E-state index contributed by atoms with van der Waals surface area (Å²) in [5.74, 6) is 0. The highest BCUT2D eigenvalue weighted by atomic mass is 16.2. The topological polar surface area (TPSA) is 50.2 Å². The molecule has 0 atom stereocenters. The Bertz CT molecular complexity index is 527. The van der Waals surface area contributed by atoms with Gasteiger partial charge in [0.2, 0.25) is 0 Å². The van der Waals surface area contributed by atoms with Gasteiger partial charge >= 0.3 is 0 Å². The van der Waals surface area contributed by atoms with E-state index in [1.165, 1.54) is 0 Å². The second kappa shape index (κ2) is 3.92. The minimum absolute atomic E-state index is 0.258. The lowest BCUT2D eigenvalue weighted by Gasteiger charge is -2.03. The second-order valence-electron chi connectivity index (χ2n) is 3.08. The van der Waals surface area contributed by atoms with Crippen LogP contribution in [0, 0.1) is 0 Å². The fraction of sp³-hybridized carbons (Fsp3) is 0. The number of aliphatic hydroxyl groups is 1. The summed E-state index contributed by atoms with van der Waals surface area (Å²) in [4.78, 5) is 14.9. The number of nitrogens with zero attached hydrogens (tertiary/aromatic N) is 1. The number of rotatable bonds is 2. The largest absolute Gasteiger partial charge is 0.515 e. The molecule has 0 bridgehead atoms. The molecule has 0 radical (unpaired) electrons. The van der Waals surface area contributed by atoms with Gasteiger partial charge in [0.1, 0.15) is 0 Å². The molecule has 3 nitrogen and oxygen atoms in total.